The van der Waals surface area contributed by atoms with Crippen molar-refractivity contribution in [2.45, 2.75) is 38.9 Å². The van der Waals surface area contributed by atoms with Gasteiger partial charge in [-0.05, 0) is 45.0 Å². The molecule has 1 aliphatic rings. The number of sulfonamides is 1. The number of methoxy groups -OCH3 is 2. The highest BCUT2D eigenvalue weighted by Gasteiger charge is 2.36. The quantitative estimate of drug-likeness (QED) is 0.361. The van der Waals surface area contributed by atoms with E-state index in [4.69, 9.17) is 14.2 Å². The standard InChI is InChI=1S/C21H35N3O6S/c1-15(2)24(20(23-31(5,26)27)17-9-10-22-14-17)21(25)16-7-8-18(29-4)19(13-16)30-12-6-11-28-3/h7-8,13,15,17,20,22-23H,6,9-12,14H2,1-5H3/t17-,20?/m0/s1. The molecule has 1 fully saturated rings. The number of benzene rings is 1. The van der Waals surface area contributed by atoms with Crippen molar-refractivity contribution in [2.75, 3.05) is 46.8 Å². The van der Waals surface area contributed by atoms with Crippen molar-refractivity contribution >= 4 is 15.9 Å². The van der Waals surface area contributed by atoms with Crippen molar-refractivity contribution in [3.63, 3.8) is 0 Å². The van der Waals surface area contributed by atoms with Gasteiger partial charge in [0.2, 0.25) is 10.0 Å². The van der Waals surface area contributed by atoms with Gasteiger partial charge in [0.05, 0.1) is 20.0 Å². The molecule has 9 nitrogen and oxygen atoms in total. The van der Waals surface area contributed by atoms with E-state index in [1.165, 1.54) is 0 Å². The Balaban J connectivity index is 2.34. The van der Waals surface area contributed by atoms with E-state index in [0.717, 1.165) is 19.2 Å². The van der Waals surface area contributed by atoms with Crippen LogP contribution in [0.15, 0.2) is 18.2 Å². The number of ether oxygens (including phenoxy) is 3. The van der Waals surface area contributed by atoms with E-state index in [-0.39, 0.29) is 17.9 Å². The van der Waals surface area contributed by atoms with E-state index in [1.807, 2.05) is 13.8 Å². The SMILES string of the molecule is COCCCOc1cc(C(=O)N(C(C)C)C(NS(C)(=O)=O)[C@H]2CCNC2)ccc1OC. The number of amides is 1. The number of nitrogens with zero attached hydrogens (tertiary/aromatic N) is 1. The molecule has 1 saturated heterocycles. The number of carbonyl (C=O) groups is 1. The Labute approximate surface area is 185 Å². The number of nitrogens with one attached hydrogen (secondary N) is 2. The minimum absolute atomic E-state index is 0.0240. The van der Waals surface area contributed by atoms with Crippen LogP contribution in [-0.4, -0.2) is 78.2 Å². The molecule has 1 aliphatic heterocycles. The van der Waals surface area contributed by atoms with Crippen LogP contribution in [-0.2, 0) is 14.8 Å². The van der Waals surface area contributed by atoms with Crippen molar-refractivity contribution in [2.24, 2.45) is 5.92 Å². The van der Waals surface area contributed by atoms with Crippen LogP contribution >= 0.6 is 0 Å². The topological polar surface area (TPSA) is 106 Å². The van der Waals surface area contributed by atoms with E-state index in [9.17, 15) is 13.2 Å². The second-order valence-electron chi connectivity index (χ2n) is 7.95. The molecule has 2 N–H and O–H groups in total. The summed E-state index contributed by atoms with van der Waals surface area (Å²) in [6.45, 7) is 6.17. The van der Waals surface area contributed by atoms with Crippen molar-refractivity contribution in [1.82, 2.24) is 14.9 Å². The number of carbonyl (C=O) groups excluding carboxylic acids is 1. The summed E-state index contributed by atoms with van der Waals surface area (Å²) in [6, 6.07) is 4.78. The molecule has 0 aliphatic carbocycles. The summed E-state index contributed by atoms with van der Waals surface area (Å²) in [6.07, 6.45) is 1.95. The smallest absolute Gasteiger partial charge is 0.255 e. The maximum atomic E-state index is 13.6. The molecule has 1 heterocycles. The predicted molar refractivity (Wildman–Crippen MR) is 119 cm³/mol. The zero-order valence-corrected chi connectivity index (χ0v) is 19.8. The van der Waals surface area contributed by atoms with Crippen LogP contribution in [0.3, 0.4) is 0 Å². The van der Waals surface area contributed by atoms with Gasteiger partial charge in [0.1, 0.15) is 6.17 Å². The van der Waals surface area contributed by atoms with Crippen LogP contribution in [0.2, 0.25) is 0 Å². The van der Waals surface area contributed by atoms with Gasteiger partial charge in [-0.2, -0.15) is 4.72 Å². The molecule has 1 aromatic carbocycles. The summed E-state index contributed by atoms with van der Waals surface area (Å²) in [7, 11) is -0.353. The molecule has 176 valence electrons. The minimum Gasteiger partial charge on any atom is -0.493 e. The third-order valence-corrected chi connectivity index (χ3v) is 5.80. The van der Waals surface area contributed by atoms with Crippen LogP contribution in [0.25, 0.3) is 0 Å². The van der Waals surface area contributed by atoms with E-state index >= 15 is 0 Å². The fourth-order valence-electron chi connectivity index (χ4n) is 3.68. The second-order valence-corrected chi connectivity index (χ2v) is 9.73. The Morgan fingerprint density at radius 3 is 2.55 bits per heavy atom. The normalized spacial score (nSPS) is 17.5. The minimum atomic E-state index is -3.52. The van der Waals surface area contributed by atoms with Gasteiger partial charge in [-0.15, -0.1) is 0 Å². The number of hydrogen-bond acceptors (Lipinski definition) is 7. The van der Waals surface area contributed by atoms with Crippen LogP contribution < -0.4 is 19.5 Å². The summed E-state index contributed by atoms with van der Waals surface area (Å²) in [5.74, 6) is 0.690. The Morgan fingerprint density at radius 2 is 2.00 bits per heavy atom. The molecular weight excluding hydrogens is 422 g/mol. The highest BCUT2D eigenvalue weighted by atomic mass is 32.2. The Hall–Kier alpha value is -1.88. The van der Waals surface area contributed by atoms with Gasteiger partial charge < -0.3 is 24.4 Å². The monoisotopic (exact) mass is 457 g/mol. The van der Waals surface area contributed by atoms with Crippen LogP contribution in [0, 0.1) is 5.92 Å². The van der Waals surface area contributed by atoms with Crippen LogP contribution in [0.4, 0.5) is 0 Å². The number of hydrogen-bond donors (Lipinski definition) is 2. The lowest BCUT2D eigenvalue weighted by Gasteiger charge is -2.38. The van der Waals surface area contributed by atoms with Crippen LogP contribution in [0.5, 0.6) is 11.5 Å². The summed E-state index contributed by atoms with van der Waals surface area (Å²) < 4.78 is 43.0. The molecule has 10 heteroatoms. The van der Waals surface area contributed by atoms with Gasteiger partial charge in [-0.3, -0.25) is 4.79 Å². The molecule has 1 unspecified atom stereocenters. The lowest BCUT2D eigenvalue weighted by Crippen LogP contribution is -2.57. The Kier molecular flexibility index (Phi) is 9.54. The van der Waals surface area contributed by atoms with Crippen molar-refractivity contribution in [3.8, 4) is 11.5 Å². The third-order valence-electron chi connectivity index (χ3n) is 5.13. The molecular formula is C21H35N3O6S. The molecule has 1 aromatic rings. The molecule has 31 heavy (non-hydrogen) atoms. The molecule has 1 amide bonds. The average molecular weight is 458 g/mol. The maximum absolute atomic E-state index is 13.6. The Morgan fingerprint density at radius 1 is 1.26 bits per heavy atom. The number of rotatable bonds is 12. The molecule has 2 rings (SSSR count). The highest BCUT2D eigenvalue weighted by Crippen LogP contribution is 2.30. The van der Waals surface area contributed by atoms with E-state index in [2.05, 4.69) is 10.0 Å². The van der Waals surface area contributed by atoms with Crippen molar-refractivity contribution in [1.29, 1.82) is 0 Å². The first kappa shape index (κ1) is 25.4. The summed E-state index contributed by atoms with van der Waals surface area (Å²) in [5, 5.41) is 3.25. The molecule has 2 atom stereocenters. The largest absolute Gasteiger partial charge is 0.493 e. The van der Waals surface area contributed by atoms with Gasteiger partial charge in [0.15, 0.2) is 11.5 Å². The highest BCUT2D eigenvalue weighted by molar-refractivity contribution is 7.88. The molecule has 0 radical (unpaired) electrons. The summed E-state index contributed by atoms with van der Waals surface area (Å²) in [5.41, 5.74) is 0.405. The lowest BCUT2D eigenvalue weighted by molar-refractivity contribution is 0.0512. The maximum Gasteiger partial charge on any atom is 0.255 e. The van der Waals surface area contributed by atoms with Gasteiger partial charge in [-0.25, -0.2) is 8.42 Å². The molecule has 0 aromatic heterocycles. The van der Waals surface area contributed by atoms with Gasteiger partial charge in [0.25, 0.3) is 5.91 Å². The van der Waals surface area contributed by atoms with Crippen LogP contribution in [0.1, 0.15) is 37.0 Å². The zero-order chi connectivity index (χ0) is 23.0. The molecule has 0 saturated carbocycles. The van der Waals surface area contributed by atoms with E-state index in [0.29, 0.717) is 43.2 Å². The fraction of sp³-hybridized carbons (Fsp3) is 0.667. The zero-order valence-electron chi connectivity index (χ0n) is 19.0. The fourth-order valence-corrected chi connectivity index (χ4v) is 4.43. The first-order chi connectivity index (χ1) is 14.7. The first-order valence-electron chi connectivity index (χ1n) is 10.5. The molecule has 0 bridgehead atoms. The average Bonchev–Trinajstić information content (AvgIpc) is 3.24. The van der Waals surface area contributed by atoms with Crippen molar-refractivity contribution < 1.29 is 27.4 Å². The summed E-state index contributed by atoms with van der Waals surface area (Å²) in [4.78, 5) is 15.2. The van der Waals surface area contributed by atoms with Gasteiger partial charge in [-0.1, -0.05) is 0 Å². The van der Waals surface area contributed by atoms with Crippen molar-refractivity contribution in [3.05, 3.63) is 23.8 Å². The summed E-state index contributed by atoms with van der Waals surface area (Å²) >= 11 is 0. The lowest BCUT2D eigenvalue weighted by atomic mass is 10.0. The van der Waals surface area contributed by atoms with E-state index < -0.39 is 16.2 Å². The molecule has 0 spiro atoms. The second kappa shape index (κ2) is 11.7. The van der Waals surface area contributed by atoms with E-state index in [1.54, 1.807) is 37.3 Å². The predicted octanol–water partition coefficient (Wildman–Crippen LogP) is 1.45. The van der Waals surface area contributed by atoms with Gasteiger partial charge in [0, 0.05) is 44.2 Å². The van der Waals surface area contributed by atoms with Gasteiger partial charge >= 0.3 is 0 Å². The first-order valence-corrected chi connectivity index (χ1v) is 12.4. The Bertz CT molecular complexity index is 824. The third kappa shape index (κ3) is 7.34.